The van der Waals surface area contributed by atoms with E-state index in [9.17, 15) is 14.4 Å². The maximum atomic E-state index is 12.2. The smallest absolute Gasteiger partial charge is 0.417 e. The third-order valence-corrected chi connectivity index (χ3v) is 2.68. The van der Waals surface area contributed by atoms with Crippen molar-refractivity contribution in [2.24, 2.45) is 5.92 Å². The second-order valence-electron chi connectivity index (χ2n) is 6.05. The largest absolute Gasteiger partial charge is 0.443 e. The monoisotopic (exact) mass is 305 g/mol. The zero-order valence-corrected chi connectivity index (χ0v) is 13.8. The Morgan fingerprint density at radius 3 is 2.00 bits per heavy atom. The molecule has 6 heteroatoms. The van der Waals surface area contributed by atoms with Crippen molar-refractivity contribution in [2.45, 2.75) is 66.0 Å². The molecule has 0 heterocycles. The topological polar surface area (TPSA) is 63.7 Å². The first-order valence-electron chi connectivity index (χ1n) is 6.74. The van der Waals surface area contributed by atoms with E-state index in [2.05, 4.69) is 0 Å². The second-order valence-corrected chi connectivity index (χ2v) is 6.42. The fourth-order valence-electron chi connectivity index (χ4n) is 1.63. The molecule has 2 amide bonds. The lowest BCUT2D eigenvalue weighted by Gasteiger charge is -2.30. The molecule has 0 aromatic rings. The van der Waals surface area contributed by atoms with Crippen LogP contribution < -0.4 is 0 Å². The Bertz CT molecular complexity index is 374. The van der Waals surface area contributed by atoms with Crippen molar-refractivity contribution in [1.82, 2.24) is 4.90 Å². The van der Waals surface area contributed by atoms with Gasteiger partial charge in [-0.3, -0.25) is 9.59 Å². The lowest BCUT2D eigenvalue weighted by molar-refractivity contribution is -0.136. The second kappa shape index (κ2) is 7.62. The zero-order valence-electron chi connectivity index (χ0n) is 13.0. The Balaban J connectivity index is 5.35. The van der Waals surface area contributed by atoms with Gasteiger partial charge < -0.3 is 4.74 Å². The number of ether oxygens (including phenoxy) is 1. The average Bonchev–Trinajstić information content (AvgIpc) is 2.24. The van der Waals surface area contributed by atoms with E-state index in [4.69, 9.17) is 16.3 Å². The maximum absolute atomic E-state index is 12.2. The number of carbonyl (C=O) groups excluding carboxylic acids is 3. The van der Waals surface area contributed by atoms with Gasteiger partial charge in [-0.05, 0) is 44.7 Å². The van der Waals surface area contributed by atoms with Crippen LogP contribution in [0.5, 0.6) is 0 Å². The summed E-state index contributed by atoms with van der Waals surface area (Å²) in [5, 5.41) is -0.730. The van der Waals surface area contributed by atoms with Crippen molar-refractivity contribution < 1.29 is 19.1 Å². The van der Waals surface area contributed by atoms with Crippen LogP contribution in [0.4, 0.5) is 4.79 Å². The van der Waals surface area contributed by atoms with Crippen LogP contribution in [-0.4, -0.2) is 33.8 Å². The standard InChI is InChI=1S/C14H24ClNO4/c1-7-11(17)16(13(19)20-14(4,5)6)10(12(15)18)8-9(2)3/h9-10H,7-8H2,1-6H3. The molecule has 0 rings (SSSR count). The van der Waals surface area contributed by atoms with Gasteiger partial charge in [-0.1, -0.05) is 20.8 Å². The number of imide groups is 1. The maximum Gasteiger partial charge on any atom is 0.417 e. The summed E-state index contributed by atoms with van der Waals surface area (Å²) in [7, 11) is 0. The molecule has 0 aromatic carbocycles. The molecule has 0 fully saturated rings. The first kappa shape index (κ1) is 18.9. The minimum absolute atomic E-state index is 0.0952. The molecule has 0 aliphatic rings. The molecule has 0 bridgehead atoms. The highest BCUT2D eigenvalue weighted by molar-refractivity contribution is 6.65. The number of rotatable bonds is 5. The molecule has 5 nitrogen and oxygen atoms in total. The number of hydrogen-bond acceptors (Lipinski definition) is 4. The summed E-state index contributed by atoms with van der Waals surface area (Å²) >= 11 is 5.56. The Labute approximate surface area is 125 Å². The lowest BCUT2D eigenvalue weighted by atomic mass is 10.0. The van der Waals surface area contributed by atoms with Gasteiger partial charge in [-0.15, -0.1) is 0 Å². The minimum atomic E-state index is -0.987. The van der Waals surface area contributed by atoms with Gasteiger partial charge in [0.25, 0.3) is 0 Å². The van der Waals surface area contributed by atoms with E-state index in [1.807, 2.05) is 13.8 Å². The summed E-state index contributed by atoms with van der Waals surface area (Å²) in [5.41, 5.74) is -0.749. The van der Waals surface area contributed by atoms with Crippen molar-refractivity contribution in [1.29, 1.82) is 0 Å². The van der Waals surface area contributed by atoms with Crippen LogP contribution >= 0.6 is 11.6 Å². The molecule has 0 radical (unpaired) electrons. The molecule has 0 saturated heterocycles. The summed E-state index contributed by atoms with van der Waals surface area (Å²) < 4.78 is 5.19. The Morgan fingerprint density at radius 1 is 1.20 bits per heavy atom. The van der Waals surface area contributed by atoms with Crippen LogP contribution in [0.15, 0.2) is 0 Å². The van der Waals surface area contributed by atoms with Gasteiger partial charge in [0, 0.05) is 6.42 Å². The van der Waals surface area contributed by atoms with Crippen LogP contribution in [0.2, 0.25) is 0 Å². The molecule has 20 heavy (non-hydrogen) atoms. The molecular weight excluding hydrogens is 282 g/mol. The van der Waals surface area contributed by atoms with Crippen LogP contribution in [0, 0.1) is 5.92 Å². The SMILES string of the molecule is CCC(=O)N(C(=O)OC(C)(C)C)C(CC(C)C)C(=O)Cl. The third-order valence-electron chi connectivity index (χ3n) is 2.43. The van der Waals surface area contributed by atoms with E-state index >= 15 is 0 Å². The van der Waals surface area contributed by atoms with Gasteiger partial charge >= 0.3 is 6.09 Å². The highest BCUT2D eigenvalue weighted by Crippen LogP contribution is 2.19. The lowest BCUT2D eigenvalue weighted by Crippen LogP contribution is -2.49. The predicted octanol–water partition coefficient (Wildman–Crippen LogP) is 3.34. The number of amides is 2. The Morgan fingerprint density at radius 2 is 1.70 bits per heavy atom. The predicted molar refractivity (Wildman–Crippen MR) is 77.5 cm³/mol. The van der Waals surface area contributed by atoms with E-state index in [0.717, 1.165) is 4.90 Å². The first-order chi connectivity index (χ1) is 8.99. The number of nitrogens with zero attached hydrogens (tertiary/aromatic N) is 1. The highest BCUT2D eigenvalue weighted by atomic mass is 35.5. The molecule has 0 spiro atoms. The number of carbonyl (C=O) groups is 3. The van der Waals surface area contributed by atoms with Crippen LogP contribution in [-0.2, 0) is 14.3 Å². The number of hydrogen-bond donors (Lipinski definition) is 0. The Kier molecular flexibility index (Phi) is 7.20. The molecule has 0 aromatic heterocycles. The summed E-state index contributed by atoms with van der Waals surface area (Å²) in [4.78, 5) is 36.6. The summed E-state index contributed by atoms with van der Waals surface area (Å²) in [6.45, 7) is 10.5. The van der Waals surface area contributed by atoms with E-state index in [1.54, 1.807) is 27.7 Å². The van der Waals surface area contributed by atoms with Crippen molar-refractivity contribution in [3.05, 3.63) is 0 Å². The van der Waals surface area contributed by atoms with E-state index in [1.165, 1.54) is 0 Å². The highest BCUT2D eigenvalue weighted by Gasteiger charge is 2.36. The van der Waals surface area contributed by atoms with Gasteiger partial charge in [0.05, 0.1) is 0 Å². The van der Waals surface area contributed by atoms with Gasteiger partial charge in [-0.2, -0.15) is 0 Å². The molecule has 1 atom stereocenters. The summed E-state index contributed by atoms with van der Waals surface area (Å²) in [6, 6.07) is -0.987. The van der Waals surface area contributed by atoms with E-state index in [0.29, 0.717) is 6.42 Å². The van der Waals surface area contributed by atoms with Crippen molar-refractivity contribution in [3.63, 3.8) is 0 Å². The van der Waals surface area contributed by atoms with E-state index < -0.39 is 28.9 Å². The summed E-state index contributed by atoms with van der Waals surface area (Å²) in [5.74, 6) is -0.365. The quantitative estimate of drug-likeness (QED) is 0.731. The minimum Gasteiger partial charge on any atom is -0.443 e. The third kappa shape index (κ3) is 6.37. The van der Waals surface area contributed by atoms with Gasteiger partial charge in [-0.25, -0.2) is 9.69 Å². The van der Waals surface area contributed by atoms with Crippen LogP contribution in [0.25, 0.3) is 0 Å². The molecule has 0 aliphatic carbocycles. The van der Waals surface area contributed by atoms with Crippen LogP contribution in [0.3, 0.4) is 0 Å². The molecule has 0 aliphatic heterocycles. The molecular formula is C14H24ClNO4. The fraction of sp³-hybridized carbons (Fsp3) is 0.786. The normalized spacial score (nSPS) is 13.0. The molecule has 0 N–H and O–H groups in total. The van der Waals surface area contributed by atoms with Crippen molar-refractivity contribution in [2.75, 3.05) is 0 Å². The average molecular weight is 306 g/mol. The van der Waals surface area contributed by atoms with Crippen molar-refractivity contribution in [3.8, 4) is 0 Å². The first-order valence-corrected chi connectivity index (χ1v) is 7.11. The Hall–Kier alpha value is -1.10. The molecule has 116 valence electrons. The zero-order chi connectivity index (χ0) is 16.1. The molecule has 0 saturated carbocycles. The summed E-state index contributed by atoms with van der Waals surface area (Å²) in [6.07, 6.45) is -0.422. The van der Waals surface area contributed by atoms with Gasteiger partial charge in [0.2, 0.25) is 11.1 Å². The van der Waals surface area contributed by atoms with Crippen LogP contribution in [0.1, 0.15) is 54.4 Å². The molecule has 1 unspecified atom stereocenters. The van der Waals surface area contributed by atoms with Gasteiger partial charge in [0.1, 0.15) is 11.6 Å². The van der Waals surface area contributed by atoms with E-state index in [-0.39, 0.29) is 12.3 Å². The fourth-order valence-corrected chi connectivity index (χ4v) is 1.82. The van der Waals surface area contributed by atoms with Crippen molar-refractivity contribution >= 4 is 28.8 Å². The van der Waals surface area contributed by atoms with Gasteiger partial charge in [0.15, 0.2) is 0 Å². The number of halogens is 1.